The first-order valence-electron chi connectivity index (χ1n) is 11.1. The van der Waals surface area contributed by atoms with Crippen LogP contribution in [0.4, 0.5) is 5.69 Å². The third kappa shape index (κ3) is 3.69. The van der Waals surface area contributed by atoms with E-state index < -0.39 is 11.9 Å². The van der Waals surface area contributed by atoms with Crippen LogP contribution in [0.25, 0.3) is 11.0 Å². The Labute approximate surface area is 203 Å². The smallest absolute Gasteiger partial charge is 0.356 e. The molecule has 35 heavy (non-hydrogen) atoms. The molecule has 4 aromatic rings. The fourth-order valence-electron chi connectivity index (χ4n) is 4.54. The lowest BCUT2D eigenvalue weighted by molar-refractivity contribution is -0.115. The van der Waals surface area contributed by atoms with Crippen LogP contribution in [-0.2, 0) is 9.53 Å². The number of furan rings is 1. The van der Waals surface area contributed by atoms with Gasteiger partial charge >= 0.3 is 5.97 Å². The minimum Gasteiger partial charge on any atom is -0.508 e. The van der Waals surface area contributed by atoms with Crippen molar-refractivity contribution in [2.45, 2.75) is 23.1 Å². The van der Waals surface area contributed by atoms with Crippen LogP contribution in [0.5, 0.6) is 5.75 Å². The number of ether oxygens (including phenoxy) is 1. The van der Waals surface area contributed by atoms with E-state index in [1.54, 1.807) is 31.3 Å². The number of imidazole rings is 1. The summed E-state index contributed by atoms with van der Waals surface area (Å²) in [5, 5.41) is 17.3. The average Bonchev–Trinajstić information content (AvgIpc) is 3.56. The summed E-state index contributed by atoms with van der Waals surface area (Å²) in [5.41, 5.74) is 4.43. The summed E-state index contributed by atoms with van der Waals surface area (Å²) in [6, 6.07) is 8.60. The summed E-state index contributed by atoms with van der Waals surface area (Å²) < 4.78 is 11.4. The second-order valence-corrected chi connectivity index (χ2v) is 9.19. The second-order valence-electron chi connectivity index (χ2n) is 8.19. The zero-order valence-electron chi connectivity index (χ0n) is 18.6. The van der Waals surface area contributed by atoms with Crippen LogP contribution in [0.15, 0.2) is 62.5 Å². The Kier molecular flexibility index (Phi) is 5.15. The Morgan fingerprint density at radius 1 is 1.29 bits per heavy atom. The van der Waals surface area contributed by atoms with Crippen molar-refractivity contribution in [3.63, 3.8) is 0 Å². The molecule has 5 N–H and O–H groups in total. The molecule has 3 aromatic heterocycles. The Balaban J connectivity index is 1.37. The van der Waals surface area contributed by atoms with E-state index in [9.17, 15) is 14.7 Å². The molecule has 2 aliphatic rings. The van der Waals surface area contributed by atoms with Crippen molar-refractivity contribution in [3.8, 4) is 5.75 Å². The number of rotatable bonds is 5. The van der Waals surface area contributed by atoms with Crippen LogP contribution in [-0.4, -0.2) is 51.5 Å². The standard InChI is InChI=1S/C24H21N5O5S/c1-2-33-23(32)22-21-12(8-26-22)19(20-15(27-21)9-25-10-16(20)31)17-5-6-18(34-17)35-24-28-13-4-3-11(30)7-14(13)29-24/h3-8,19,25-27,30H,2,9-10H2,1H3,(H,28,29). The van der Waals surface area contributed by atoms with Crippen LogP contribution in [0.1, 0.15) is 34.7 Å². The van der Waals surface area contributed by atoms with Crippen molar-refractivity contribution in [2.75, 3.05) is 25.0 Å². The monoisotopic (exact) mass is 491 g/mol. The van der Waals surface area contributed by atoms with Gasteiger partial charge in [0.25, 0.3) is 0 Å². The Hall–Kier alpha value is -3.96. The van der Waals surface area contributed by atoms with Crippen LogP contribution in [0, 0.1) is 0 Å². The number of benzene rings is 1. The van der Waals surface area contributed by atoms with E-state index in [1.165, 1.54) is 11.8 Å². The molecule has 178 valence electrons. The van der Waals surface area contributed by atoms with Gasteiger partial charge in [0.15, 0.2) is 16.0 Å². The maximum absolute atomic E-state index is 12.9. The molecular formula is C24H21N5O5S. The number of fused-ring (bicyclic) bond motifs is 2. The Morgan fingerprint density at radius 2 is 2.17 bits per heavy atom. The maximum atomic E-state index is 12.9. The van der Waals surface area contributed by atoms with Gasteiger partial charge in [-0.05, 0) is 43.0 Å². The van der Waals surface area contributed by atoms with Crippen molar-refractivity contribution >= 4 is 40.2 Å². The van der Waals surface area contributed by atoms with E-state index in [0.29, 0.717) is 45.2 Å². The summed E-state index contributed by atoms with van der Waals surface area (Å²) in [7, 11) is 0. The molecule has 10 nitrogen and oxygen atoms in total. The Bertz CT molecular complexity index is 1510. The van der Waals surface area contributed by atoms with E-state index >= 15 is 0 Å². The van der Waals surface area contributed by atoms with E-state index in [-0.39, 0.29) is 24.7 Å². The number of aromatic nitrogens is 3. The number of aromatic amines is 2. The molecule has 0 radical (unpaired) electrons. The molecule has 0 fully saturated rings. The third-order valence-corrected chi connectivity index (χ3v) is 6.81. The van der Waals surface area contributed by atoms with Gasteiger partial charge in [0.05, 0.1) is 35.8 Å². The predicted molar refractivity (Wildman–Crippen MR) is 128 cm³/mol. The summed E-state index contributed by atoms with van der Waals surface area (Å²) >= 11 is 1.31. The quantitative estimate of drug-likeness (QED) is 0.265. The number of Topliss-reactive ketones (excluding diaryl/α,β-unsaturated/α-hetero) is 1. The average molecular weight is 492 g/mol. The molecule has 1 aromatic carbocycles. The van der Waals surface area contributed by atoms with Crippen molar-refractivity contribution in [1.29, 1.82) is 0 Å². The number of aromatic hydroxyl groups is 1. The first-order chi connectivity index (χ1) is 17.0. The molecule has 0 bridgehead atoms. The Morgan fingerprint density at radius 3 is 3.03 bits per heavy atom. The molecule has 1 unspecified atom stereocenters. The highest BCUT2D eigenvalue weighted by Gasteiger charge is 2.39. The molecule has 0 spiro atoms. The van der Waals surface area contributed by atoms with E-state index in [4.69, 9.17) is 9.15 Å². The molecule has 11 heteroatoms. The number of ketones is 1. The predicted octanol–water partition coefficient (Wildman–Crippen LogP) is 3.50. The topological polar surface area (TPSA) is 145 Å². The van der Waals surface area contributed by atoms with Crippen molar-refractivity contribution in [1.82, 2.24) is 20.3 Å². The number of nitrogens with one attached hydrogen (secondary N) is 4. The van der Waals surface area contributed by atoms with Gasteiger partial charge in [-0.3, -0.25) is 4.79 Å². The van der Waals surface area contributed by atoms with Gasteiger partial charge in [-0.25, -0.2) is 9.78 Å². The van der Waals surface area contributed by atoms with E-state index in [1.807, 2.05) is 12.1 Å². The SMILES string of the molecule is CCOC(=O)c1[nH]cc2c1NC1=C(C(=O)CNC1)C2c1ccc(Sc2nc3ccc(O)cc3[nH]2)o1. The summed E-state index contributed by atoms with van der Waals surface area (Å²) in [6.07, 6.45) is 1.72. The first-order valence-corrected chi connectivity index (χ1v) is 11.9. The summed E-state index contributed by atoms with van der Waals surface area (Å²) in [6.45, 7) is 2.71. The fraction of sp³-hybridized carbons (Fsp3) is 0.208. The number of hydrogen-bond acceptors (Lipinski definition) is 9. The lowest BCUT2D eigenvalue weighted by atomic mass is 9.82. The molecule has 1 atom stereocenters. The molecular weight excluding hydrogens is 470 g/mol. The number of esters is 1. The molecule has 0 aliphatic carbocycles. The molecule has 5 heterocycles. The zero-order valence-corrected chi connectivity index (χ0v) is 19.4. The molecule has 0 amide bonds. The number of carbonyl (C=O) groups excluding carboxylic acids is 2. The molecule has 0 saturated carbocycles. The summed E-state index contributed by atoms with van der Waals surface area (Å²) in [4.78, 5) is 36.1. The van der Waals surface area contributed by atoms with Gasteiger partial charge in [-0.15, -0.1) is 0 Å². The third-order valence-electron chi connectivity index (χ3n) is 6.01. The number of hydrogen-bond donors (Lipinski definition) is 5. The van der Waals surface area contributed by atoms with Crippen LogP contribution >= 0.6 is 11.8 Å². The number of phenolic OH excluding ortho intramolecular Hbond substituents is 1. The van der Waals surface area contributed by atoms with Gasteiger partial charge in [0.2, 0.25) is 0 Å². The highest BCUT2D eigenvalue weighted by atomic mass is 32.2. The number of anilines is 1. The van der Waals surface area contributed by atoms with Gasteiger partial charge in [-0.1, -0.05) is 0 Å². The normalized spacial score (nSPS) is 17.3. The number of phenols is 1. The number of nitrogens with zero attached hydrogens (tertiary/aromatic N) is 1. The van der Waals surface area contributed by atoms with Crippen LogP contribution < -0.4 is 10.6 Å². The van der Waals surface area contributed by atoms with Gasteiger partial charge in [0, 0.05) is 35.6 Å². The van der Waals surface area contributed by atoms with Crippen molar-refractivity contribution < 1.29 is 23.8 Å². The van der Waals surface area contributed by atoms with Gasteiger partial charge in [-0.2, -0.15) is 0 Å². The first kappa shape index (κ1) is 21.6. The highest BCUT2D eigenvalue weighted by molar-refractivity contribution is 7.99. The number of H-pyrrole nitrogens is 2. The summed E-state index contributed by atoms with van der Waals surface area (Å²) in [5.74, 6) is -0.232. The fourth-order valence-corrected chi connectivity index (χ4v) is 5.31. The largest absolute Gasteiger partial charge is 0.508 e. The minimum absolute atomic E-state index is 0.0315. The van der Waals surface area contributed by atoms with Gasteiger partial charge < -0.3 is 34.9 Å². The lowest BCUT2D eigenvalue weighted by Gasteiger charge is -2.31. The van der Waals surface area contributed by atoms with Gasteiger partial charge in [0.1, 0.15) is 17.2 Å². The maximum Gasteiger partial charge on any atom is 0.356 e. The molecule has 6 rings (SSSR count). The number of carbonyl (C=O) groups is 2. The van der Waals surface area contributed by atoms with Crippen LogP contribution in [0.3, 0.4) is 0 Å². The van der Waals surface area contributed by atoms with Crippen LogP contribution in [0.2, 0.25) is 0 Å². The van der Waals surface area contributed by atoms with E-state index in [0.717, 1.165) is 16.6 Å². The zero-order chi connectivity index (χ0) is 24.1. The second kappa shape index (κ2) is 8.36. The van der Waals surface area contributed by atoms with Crippen molar-refractivity contribution in [3.05, 3.63) is 64.8 Å². The highest BCUT2D eigenvalue weighted by Crippen LogP contribution is 2.45. The van der Waals surface area contributed by atoms with E-state index in [2.05, 4.69) is 25.6 Å². The molecule has 0 saturated heterocycles. The molecule has 2 aliphatic heterocycles. The van der Waals surface area contributed by atoms with Crippen molar-refractivity contribution in [2.24, 2.45) is 0 Å². The lowest BCUT2D eigenvalue weighted by Crippen LogP contribution is -2.39. The minimum atomic E-state index is -0.475.